The molecule has 0 saturated carbocycles. The summed E-state index contributed by atoms with van der Waals surface area (Å²) in [7, 11) is -7.36. The lowest BCUT2D eigenvalue weighted by atomic mass is 15.8. The molecule has 1 unspecified atom stereocenters. The molecule has 0 fully saturated rings. The Balaban J connectivity index is 3.79. The highest BCUT2D eigenvalue weighted by molar-refractivity contribution is 8.45. The molecule has 4 N–H and O–H groups in total. The van der Waals surface area contributed by atoms with E-state index in [9.17, 15) is 4.21 Å². The molecule has 0 amide bonds. The highest BCUT2D eigenvalue weighted by atomic mass is 32.8. The Hall–Kier alpha value is 0.420. The Morgan fingerprint density at radius 2 is 1.43 bits per heavy atom. The minimum absolute atomic E-state index is 2.91. The quantitative estimate of drug-likeness (QED) is 0.277. The van der Waals surface area contributed by atoms with Crippen LogP contribution < -0.4 is 0 Å². The van der Waals surface area contributed by atoms with Crippen molar-refractivity contribution in [3.63, 3.8) is 0 Å². The monoisotopic (exact) mass is 147 g/mol. The van der Waals surface area contributed by atoms with Gasteiger partial charge in [0.1, 0.15) is 0 Å². The maximum Gasteiger partial charge on any atom is 0.531 e. The van der Waals surface area contributed by atoms with Crippen LogP contribution in [0, 0.1) is 0 Å². The maximum absolute atomic E-state index is 9.43. The Bertz CT molecular complexity index is 80.6. The molecule has 7 heavy (non-hydrogen) atoms. The SMILES string of the molecule is O=S(O)[P+](O)(O)O. The molecule has 0 bridgehead atoms. The summed E-state index contributed by atoms with van der Waals surface area (Å²) in [4.78, 5) is 23.3. The van der Waals surface area contributed by atoms with Crippen LogP contribution in [0.4, 0.5) is 0 Å². The molecule has 0 saturated heterocycles. The number of rotatable bonds is 1. The van der Waals surface area contributed by atoms with Gasteiger partial charge in [-0.25, -0.2) is 0 Å². The van der Waals surface area contributed by atoms with Gasteiger partial charge >= 0.3 is 17.8 Å². The average molecular weight is 147 g/mol. The number of hydrogen-bond acceptors (Lipinski definition) is 4. The Morgan fingerprint density at radius 3 is 1.43 bits per heavy atom. The van der Waals surface area contributed by atoms with Crippen LogP contribution in [0.5, 0.6) is 0 Å². The van der Waals surface area contributed by atoms with Gasteiger partial charge in [-0.1, -0.05) is 0 Å². The van der Waals surface area contributed by atoms with Gasteiger partial charge < -0.3 is 0 Å². The molecule has 0 rings (SSSR count). The second-order valence-electron chi connectivity index (χ2n) is 0.744. The second-order valence-corrected chi connectivity index (χ2v) is 4.64. The third kappa shape index (κ3) is 3.04. The molecule has 0 aromatic rings. The highest BCUT2D eigenvalue weighted by Crippen LogP contribution is 2.47. The zero-order chi connectivity index (χ0) is 6.08. The van der Waals surface area contributed by atoms with Gasteiger partial charge in [0.05, 0.1) is 0 Å². The van der Waals surface area contributed by atoms with Crippen LogP contribution in [0.15, 0.2) is 0 Å². The lowest BCUT2D eigenvalue weighted by Gasteiger charge is -1.91. The first-order valence-electron chi connectivity index (χ1n) is 1.13. The van der Waals surface area contributed by atoms with E-state index in [2.05, 4.69) is 0 Å². The zero-order valence-corrected chi connectivity index (χ0v) is 4.76. The van der Waals surface area contributed by atoms with Crippen LogP contribution in [0.1, 0.15) is 0 Å². The fraction of sp³-hybridized carbons (Fsp3) is 0. The van der Waals surface area contributed by atoms with E-state index in [1.807, 2.05) is 0 Å². The summed E-state index contributed by atoms with van der Waals surface area (Å²) in [6.45, 7) is 0. The van der Waals surface area contributed by atoms with Gasteiger partial charge in [-0.3, -0.25) is 4.55 Å². The van der Waals surface area contributed by atoms with Crippen molar-refractivity contribution < 1.29 is 23.4 Å². The van der Waals surface area contributed by atoms with E-state index >= 15 is 0 Å². The van der Waals surface area contributed by atoms with Gasteiger partial charge in [0.2, 0.25) is 0 Å². The predicted octanol–water partition coefficient (Wildman–Crippen LogP) is -1.14. The minimum Gasteiger partial charge on any atom is -0.270 e. The summed E-state index contributed by atoms with van der Waals surface area (Å²) in [5.41, 5.74) is 0. The van der Waals surface area contributed by atoms with Crippen molar-refractivity contribution in [3.8, 4) is 0 Å². The van der Waals surface area contributed by atoms with E-state index in [0.717, 1.165) is 0 Å². The molecule has 44 valence electrons. The zero-order valence-electron chi connectivity index (χ0n) is 3.05. The summed E-state index contributed by atoms with van der Waals surface area (Å²) in [5, 5.41) is 0. The van der Waals surface area contributed by atoms with E-state index in [4.69, 9.17) is 19.2 Å². The smallest absolute Gasteiger partial charge is 0.270 e. The van der Waals surface area contributed by atoms with E-state index in [0.29, 0.717) is 0 Å². The molecule has 0 aromatic heterocycles. The van der Waals surface area contributed by atoms with Crippen LogP contribution in [0.3, 0.4) is 0 Å². The molecule has 0 heterocycles. The topological polar surface area (TPSA) is 98.0 Å². The molecule has 0 aliphatic carbocycles. The van der Waals surface area contributed by atoms with Crippen LogP contribution >= 0.6 is 7.15 Å². The summed E-state index contributed by atoms with van der Waals surface area (Å²) in [5.74, 6) is 0. The third-order valence-electron chi connectivity index (χ3n) is 0.210. The first kappa shape index (κ1) is 7.42. The molecule has 0 spiro atoms. The Labute approximate surface area is 42.2 Å². The lowest BCUT2D eigenvalue weighted by molar-refractivity contribution is 0.349. The van der Waals surface area contributed by atoms with Crippen LogP contribution in [-0.4, -0.2) is 23.4 Å². The van der Waals surface area contributed by atoms with E-state index in [1.165, 1.54) is 0 Å². The van der Waals surface area contributed by atoms with Crippen molar-refractivity contribution in [1.82, 2.24) is 0 Å². The molecular weight excluding hydrogens is 143 g/mol. The molecule has 0 aliphatic heterocycles. The van der Waals surface area contributed by atoms with Crippen molar-refractivity contribution in [2.75, 3.05) is 0 Å². The Kier molecular flexibility index (Phi) is 2.25. The van der Waals surface area contributed by atoms with E-state index in [-0.39, 0.29) is 0 Å². The Morgan fingerprint density at radius 1 is 1.29 bits per heavy atom. The van der Waals surface area contributed by atoms with Crippen LogP contribution in [-0.2, 0) is 10.7 Å². The molecule has 5 nitrogen and oxygen atoms in total. The van der Waals surface area contributed by atoms with Gasteiger partial charge in [0.15, 0.2) is 0 Å². The molecule has 0 aliphatic rings. The highest BCUT2D eigenvalue weighted by Gasteiger charge is 2.40. The molecule has 7 heteroatoms. The molecule has 0 radical (unpaired) electrons. The first-order valence-corrected chi connectivity index (χ1v) is 4.49. The minimum atomic E-state index is -4.46. The summed E-state index contributed by atoms with van der Waals surface area (Å²) >= 11 is 0. The van der Waals surface area contributed by atoms with Crippen molar-refractivity contribution in [1.29, 1.82) is 0 Å². The van der Waals surface area contributed by atoms with Crippen molar-refractivity contribution in [2.24, 2.45) is 0 Å². The molecule has 1 atom stereocenters. The van der Waals surface area contributed by atoms with Crippen molar-refractivity contribution in [2.45, 2.75) is 0 Å². The summed E-state index contributed by atoms with van der Waals surface area (Å²) in [6, 6.07) is 0. The number of hydrogen-bond donors (Lipinski definition) is 4. The first-order chi connectivity index (χ1) is 2.94. The fourth-order valence-corrected chi connectivity index (χ4v) is 0. The van der Waals surface area contributed by atoms with Gasteiger partial charge in [-0.15, -0.1) is 0 Å². The van der Waals surface area contributed by atoms with Gasteiger partial charge in [-0.2, -0.15) is 18.9 Å². The predicted molar refractivity (Wildman–Crippen MR) is 24.3 cm³/mol. The molecule has 0 aromatic carbocycles. The van der Waals surface area contributed by atoms with Gasteiger partial charge in [-0.05, 0) is 0 Å². The largest absolute Gasteiger partial charge is 0.531 e. The van der Waals surface area contributed by atoms with Crippen LogP contribution in [0.2, 0.25) is 0 Å². The normalized spacial score (nSPS) is 16.6. The average Bonchev–Trinajstić information content (AvgIpc) is 1.31. The van der Waals surface area contributed by atoms with E-state index in [1.54, 1.807) is 0 Å². The fourth-order valence-electron chi connectivity index (χ4n) is 0. The van der Waals surface area contributed by atoms with E-state index < -0.39 is 17.8 Å². The standard InChI is InChI=1S/H3O5PS/c1-6(2,3)7(4)5/h1-3H/p+1. The second kappa shape index (κ2) is 2.13. The molecular formula is H4O5PS+. The summed E-state index contributed by atoms with van der Waals surface area (Å²) in [6.07, 6.45) is 0. The lowest BCUT2D eigenvalue weighted by Crippen LogP contribution is -1.94. The summed E-state index contributed by atoms with van der Waals surface area (Å²) < 4.78 is 17.1. The van der Waals surface area contributed by atoms with Crippen molar-refractivity contribution >= 4 is 17.8 Å². The van der Waals surface area contributed by atoms with Gasteiger partial charge in [0.25, 0.3) is 0 Å². The third-order valence-corrected chi connectivity index (χ3v) is 1.89. The maximum atomic E-state index is 9.43. The van der Waals surface area contributed by atoms with Crippen molar-refractivity contribution in [3.05, 3.63) is 0 Å². The van der Waals surface area contributed by atoms with Crippen LogP contribution in [0.25, 0.3) is 0 Å². The van der Waals surface area contributed by atoms with Gasteiger partial charge in [0, 0.05) is 0 Å².